The Kier molecular flexibility index (Phi) is 4.63. The summed E-state index contributed by atoms with van der Waals surface area (Å²) in [5.74, 6) is -0.377. The number of nitrogens with one attached hydrogen (secondary N) is 1. The molecule has 0 unspecified atom stereocenters. The largest absolute Gasteiger partial charge is 0.492 e. The second kappa shape index (κ2) is 5.76. The second-order valence-electron chi connectivity index (χ2n) is 2.91. The molecule has 1 aromatic rings. The number of aromatic nitrogens is 3. The molecule has 0 amide bonds. The van der Waals surface area contributed by atoms with Crippen LogP contribution in [0.25, 0.3) is 0 Å². The monoisotopic (exact) mass is 277 g/mol. The molecular weight excluding hydrogens is 266 g/mol. The number of rotatable bonds is 6. The van der Waals surface area contributed by atoms with Gasteiger partial charge in [-0.15, -0.1) is 0 Å². The molecule has 15 heavy (non-hydrogen) atoms. The lowest BCUT2D eigenvalue weighted by Crippen LogP contribution is -2.21. The predicted molar refractivity (Wildman–Crippen MR) is 57.5 cm³/mol. The minimum Gasteiger partial charge on any atom is -0.390 e. The molecule has 0 saturated carbocycles. The molecule has 84 valence electrons. The van der Waals surface area contributed by atoms with Gasteiger partial charge in [-0.2, -0.15) is 4.68 Å². The van der Waals surface area contributed by atoms with Gasteiger partial charge >= 0.3 is 5.95 Å². The molecule has 0 spiro atoms. The molecule has 0 fully saturated rings. The topological polar surface area (TPSA) is 85.9 Å². The van der Waals surface area contributed by atoms with E-state index >= 15 is 0 Å². The smallest absolute Gasteiger partial charge is 0.390 e. The van der Waals surface area contributed by atoms with Crippen molar-refractivity contribution in [1.82, 2.24) is 20.1 Å². The van der Waals surface area contributed by atoms with Gasteiger partial charge in [0.05, 0.1) is 6.54 Å². The van der Waals surface area contributed by atoms with Crippen LogP contribution in [0.2, 0.25) is 0 Å². The SMILES string of the molecule is CCCNCCn1nc([N+](=O)[O-])nc1Br. The summed E-state index contributed by atoms with van der Waals surface area (Å²) in [5.41, 5.74) is 0. The fourth-order valence-electron chi connectivity index (χ4n) is 1.02. The summed E-state index contributed by atoms with van der Waals surface area (Å²) in [6.45, 7) is 4.27. The normalized spacial score (nSPS) is 10.5. The minimum atomic E-state index is -0.610. The standard InChI is InChI=1S/C7H12BrN5O2/c1-2-3-9-4-5-12-6(8)10-7(11-12)13(14)15/h9H,2-5H2,1H3. The first-order valence-electron chi connectivity index (χ1n) is 4.60. The third-order valence-electron chi connectivity index (χ3n) is 1.71. The molecule has 7 nitrogen and oxygen atoms in total. The molecule has 0 saturated heterocycles. The van der Waals surface area contributed by atoms with E-state index in [2.05, 4.69) is 38.3 Å². The summed E-state index contributed by atoms with van der Waals surface area (Å²) in [4.78, 5) is 13.4. The highest BCUT2D eigenvalue weighted by atomic mass is 79.9. The molecule has 1 aromatic heterocycles. The van der Waals surface area contributed by atoms with Gasteiger partial charge in [0.1, 0.15) is 0 Å². The van der Waals surface area contributed by atoms with Gasteiger partial charge in [-0.05, 0) is 22.9 Å². The van der Waals surface area contributed by atoms with Gasteiger partial charge in [-0.3, -0.25) is 0 Å². The van der Waals surface area contributed by atoms with Crippen LogP contribution in [-0.2, 0) is 6.54 Å². The molecule has 0 aromatic carbocycles. The van der Waals surface area contributed by atoms with Crippen LogP contribution in [0.3, 0.4) is 0 Å². The van der Waals surface area contributed by atoms with Crippen LogP contribution in [0.5, 0.6) is 0 Å². The zero-order valence-electron chi connectivity index (χ0n) is 8.31. The van der Waals surface area contributed by atoms with E-state index < -0.39 is 4.92 Å². The van der Waals surface area contributed by atoms with E-state index in [9.17, 15) is 10.1 Å². The zero-order chi connectivity index (χ0) is 11.3. The van der Waals surface area contributed by atoms with Crippen LogP contribution in [0.1, 0.15) is 13.3 Å². The second-order valence-corrected chi connectivity index (χ2v) is 3.62. The highest BCUT2D eigenvalue weighted by Gasteiger charge is 2.18. The summed E-state index contributed by atoms with van der Waals surface area (Å²) < 4.78 is 1.84. The number of halogens is 1. The molecule has 8 heteroatoms. The quantitative estimate of drug-likeness (QED) is 0.475. The van der Waals surface area contributed by atoms with Crippen molar-refractivity contribution in [3.63, 3.8) is 0 Å². The van der Waals surface area contributed by atoms with E-state index in [4.69, 9.17) is 0 Å². The zero-order valence-corrected chi connectivity index (χ0v) is 9.90. The van der Waals surface area contributed by atoms with Crippen molar-refractivity contribution in [1.29, 1.82) is 0 Å². The Morgan fingerprint density at radius 1 is 1.60 bits per heavy atom. The average molecular weight is 278 g/mol. The average Bonchev–Trinajstić information content (AvgIpc) is 2.55. The van der Waals surface area contributed by atoms with Crippen molar-refractivity contribution in [3.8, 4) is 0 Å². The van der Waals surface area contributed by atoms with Crippen molar-refractivity contribution in [3.05, 3.63) is 14.8 Å². The van der Waals surface area contributed by atoms with E-state index in [-0.39, 0.29) is 5.95 Å². The lowest BCUT2D eigenvalue weighted by molar-refractivity contribution is -0.394. The Morgan fingerprint density at radius 2 is 2.33 bits per heavy atom. The third kappa shape index (κ3) is 3.56. The van der Waals surface area contributed by atoms with Crippen LogP contribution >= 0.6 is 15.9 Å². The molecular formula is C7H12BrN5O2. The maximum atomic E-state index is 10.4. The Morgan fingerprint density at radius 3 is 2.87 bits per heavy atom. The lowest BCUT2D eigenvalue weighted by Gasteiger charge is -2.00. The number of hydrogen-bond acceptors (Lipinski definition) is 5. The van der Waals surface area contributed by atoms with Crippen molar-refractivity contribution < 1.29 is 4.92 Å². The maximum Gasteiger partial charge on any atom is 0.492 e. The van der Waals surface area contributed by atoms with Gasteiger partial charge in [-0.25, -0.2) is 0 Å². The van der Waals surface area contributed by atoms with Crippen LogP contribution in [-0.4, -0.2) is 32.8 Å². The van der Waals surface area contributed by atoms with E-state index in [0.717, 1.165) is 13.0 Å². The first-order valence-corrected chi connectivity index (χ1v) is 5.40. The van der Waals surface area contributed by atoms with E-state index in [1.807, 2.05) is 0 Å². The molecule has 0 aliphatic carbocycles. The van der Waals surface area contributed by atoms with Crippen LogP contribution in [0.4, 0.5) is 5.95 Å². The Bertz CT molecular complexity index is 340. The van der Waals surface area contributed by atoms with Gasteiger partial charge < -0.3 is 15.4 Å². The van der Waals surface area contributed by atoms with Crippen molar-refractivity contribution in [2.24, 2.45) is 0 Å². The summed E-state index contributed by atoms with van der Waals surface area (Å²) in [6, 6.07) is 0. The first-order chi connectivity index (χ1) is 7.15. The lowest BCUT2D eigenvalue weighted by atomic mass is 10.5. The highest BCUT2D eigenvalue weighted by Crippen LogP contribution is 2.11. The van der Waals surface area contributed by atoms with Crippen molar-refractivity contribution >= 4 is 21.9 Å². The first kappa shape index (κ1) is 12.1. The van der Waals surface area contributed by atoms with Gasteiger partial charge in [0, 0.05) is 27.6 Å². The van der Waals surface area contributed by atoms with Crippen LogP contribution in [0.15, 0.2) is 4.73 Å². The Labute approximate surface area is 95.2 Å². The van der Waals surface area contributed by atoms with E-state index in [0.29, 0.717) is 17.8 Å². The number of nitrogens with zero attached hydrogens (tertiary/aromatic N) is 4. The van der Waals surface area contributed by atoms with E-state index in [1.54, 1.807) is 0 Å². The molecule has 1 N–H and O–H groups in total. The maximum absolute atomic E-state index is 10.4. The summed E-state index contributed by atoms with van der Waals surface area (Å²) >= 11 is 3.11. The van der Waals surface area contributed by atoms with Crippen LogP contribution in [0, 0.1) is 10.1 Å². The summed E-state index contributed by atoms with van der Waals surface area (Å²) in [5, 5.41) is 17.3. The molecule has 0 radical (unpaired) electrons. The van der Waals surface area contributed by atoms with Crippen LogP contribution < -0.4 is 5.32 Å². The van der Waals surface area contributed by atoms with E-state index in [1.165, 1.54) is 4.68 Å². The molecule has 1 rings (SSSR count). The minimum absolute atomic E-state index is 0.377. The summed E-state index contributed by atoms with van der Waals surface area (Å²) in [7, 11) is 0. The molecule has 1 heterocycles. The van der Waals surface area contributed by atoms with Gasteiger partial charge in [0.15, 0.2) is 0 Å². The summed E-state index contributed by atoms with van der Waals surface area (Å²) in [6.07, 6.45) is 1.05. The van der Waals surface area contributed by atoms with Gasteiger partial charge in [0.25, 0.3) is 4.73 Å². The predicted octanol–water partition coefficient (Wildman–Crippen LogP) is 0.948. The van der Waals surface area contributed by atoms with Crippen molar-refractivity contribution in [2.45, 2.75) is 19.9 Å². The Hall–Kier alpha value is -1.02. The fraction of sp³-hybridized carbons (Fsp3) is 0.714. The Balaban J connectivity index is 2.50. The number of hydrogen-bond donors (Lipinski definition) is 1. The van der Waals surface area contributed by atoms with Gasteiger partial charge in [-0.1, -0.05) is 6.92 Å². The fourth-order valence-corrected chi connectivity index (χ4v) is 1.43. The van der Waals surface area contributed by atoms with Crippen molar-refractivity contribution in [2.75, 3.05) is 13.1 Å². The molecule has 0 atom stereocenters. The molecule has 0 aliphatic rings. The molecule has 0 aliphatic heterocycles. The third-order valence-corrected chi connectivity index (χ3v) is 2.29. The highest BCUT2D eigenvalue weighted by molar-refractivity contribution is 9.10. The number of nitro groups is 1. The van der Waals surface area contributed by atoms with Gasteiger partial charge in [0.2, 0.25) is 0 Å². The molecule has 0 bridgehead atoms.